The van der Waals surface area contributed by atoms with E-state index in [4.69, 9.17) is 14.2 Å². The summed E-state index contributed by atoms with van der Waals surface area (Å²) in [7, 11) is 0. The maximum atomic E-state index is 13.0. The normalized spacial score (nSPS) is 13.8. The van der Waals surface area contributed by atoms with Gasteiger partial charge in [-0.25, -0.2) is 9.59 Å². The molecule has 0 radical (unpaired) electrons. The summed E-state index contributed by atoms with van der Waals surface area (Å²) in [5.41, 5.74) is -0.906. The van der Waals surface area contributed by atoms with Gasteiger partial charge in [-0.1, -0.05) is 0 Å². The quantitative estimate of drug-likeness (QED) is 0.0952. The largest absolute Gasteiger partial charge is 0.458 e. The second-order valence-corrected chi connectivity index (χ2v) is 30.0. The number of carbonyl (C=O) groups excluding carboxylic acids is 4. The van der Waals surface area contributed by atoms with E-state index in [1.807, 2.05) is 20.8 Å². The van der Waals surface area contributed by atoms with Crippen LogP contribution in [0.25, 0.3) is 0 Å². The Hall–Kier alpha value is -2.34. The Morgan fingerprint density at radius 2 is 1.22 bits per heavy atom. The molecule has 2 atom stereocenters. The van der Waals surface area contributed by atoms with Crippen molar-refractivity contribution in [1.82, 2.24) is 16.0 Å². The predicted molar refractivity (Wildman–Crippen MR) is 181 cm³/mol. The minimum atomic E-state index is -2.14. The molecular weight excluding hydrogens is 681 g/mol. The van der Waals surface area contributed by atoms with Crippen LogP contribution in [0, 0.1) is 0 Å². The van der Waals surface area contributed by atoms with Gasteiger partial charge in [0.15, 0.2) is 0 Å². The van der Waals surface area contributed by atoms with Gasteiger partial charge in [-0.3, -0.25) is 4.79 Å². The van der Waals surface area contributed by atoms with Crippen molar-refractivity contribution in [2.75, 3.05) is 6.54 Å². The van der Waals surface area contributed by atoms with Crippen LogP contribution in [0.5, 0.6) is 0 Å². The molecule has 11 heteroatoms. The molecule has 0 aliphatic rings. The number of amides is 2. The fourth-order valence-electron chi connectivity index (χ4n) is 4.20. The Morgan fingerprint density at radius 1 is 0.711 bits per heavy atom. The van der Waals surface area contributed by atoms with Gasteiger partial charge in [0.2, 0.25) is 0 Å². The Morgan fingerprint density at radius 3 is 1.71 bits per heavy atom. The number of ether oxygens (including phenoxy) is 3. The average molecular weight is 741 g/mol. The van der Waals surface area contributed by atoms with E-state index >= 15 is 0 Å². The molecule has 1 unspecified atom stereocenters. The van der Waals surface area contributed by atoms with E-state index in [9.17, 15) is 19.2 Å². The first-order chi connectivity index (χ1) is 20.4. The zero-order chi connectivity index (χ0) is 34.6. The van der Waals surface area contributed by atoms with Crippen molar-refractivity contribution in [2.45, 2.75) is 145 Å². The smallest absolute Gasteiger partial charge is 0.329 e. The summed E-state index contributed by atoms with van der Waals surface area (Å²) in [4.78, 5) is 57.8. The fourth-order valence-corrected chi connectivity index (χ4v) is 7.53. The average Bonchev–Trinajstić information content (AvgIpc) is 2.84. The van der Waals surface area contributed by atoms with Crippen LogP contribution in [0.1, 0.15) is 100.0 Å². The third-order valence-corrected chi connectivity index (χ3v) is 12.2. The molecule has 0 saturated carbocycles. The maximum Gasteiger partial charge on any atom is 0.329 e. The molecule has 256 valence electrons. The number of unbranched alkanes of at least 4 members (excludes halogenated alkanes) is 1. The molecule has 0 aromatic heterocycles. The van der Waals surface area contributed by atoms with Crippen LogP contribution in [0.3, 0.4) is 0 Å². The van der Waals surface area contributed by atoms with E-state index in [1.54, 1.807) is 41.5 Å². The van der Waals surface area contributed by atoms with Gasteiger partial charge in [0.25, 0.3) is 0 Å². The molecule has 0 spiro atoms. The summed E-state index contributed by atoms with van der Waals surface area (Å²) in [6.07, 6.45) is 1.79. The summed E-state index contributed by atoms with van der Waals surface area (Å²) in [5, 5.41) is 8.77. The van der Waals surface area contributed by atoms with Crippen LogP contribution >= 0.6 is 0 Å². The summed E-state index contributed by atoms with van der Waals surface area (Å²) in [5.74, 6) is -1.39. The van der Waals surface area contributed by atoms with Gasteiger partial charge in [0, 0.05) is 6.42 Å². The van der Waals surface area contributed by atoms with Crippen LogP contribution in [-0.4, -0.2) is 77.7 Å². The van der Waals surface area contributed by atoms with E-state index in [0.717, 1.165) is 5.56 Å². The number of nitrogens with one attached hydrogen (secondary N) is 3. The molecule has 2 amide bonds. The number of esters is 3. The molecule has 1 aromatic rings. The monoisotopic (exact) mass is 741 g/mol. The zero-order valence-corrected chi connectivity index (χ0v) is 32.6. The Bertz CT molecular complexity index is 1110. The molecule has 3 N–H and O–H groups in total. The topological polar surface area (TPSA) is 132 Å². The van der Waals surface area contributed by atoms with Crippen LogP contribution in [-0.2, 0) is 35.1 Å². The number of carbonyl (C=O) groups is 4. The molecule has 1 aromatic carbocycles. The first-order valence-corrected chi connectivity index (χ1v) is 26.0. The van der Waals surface area contributed by atoms with Gasteiger partial charge >= 0.3 is 175 Å². The minimum Gasteiger partial charge on any atom is -0.458 e. The molecule has 0 aliphatic carbocycles. The number of benzene rings is 1. The number of hydrogen-bond donors (Lipinski definition) is 3. The van der Waals surface area contributed by atoms with Crippen molar-refractivity contribution >= 4 is 45.9 Å². The molecule has 0 heterocycles. The molecule has 0 fully saturated rings. The number of urea groups is 1. The predicted octanol–water partition coefficient (Wildman–Crippen LogP) is 5.33. The van der Waals surface area contributed by atoms with E-state index in [2.05, 4.69) is 55.0 Å². The van der Waals surface area contributed by atoms with Crippen molar-refractivity contribution in [3.63, 3.8) is 0 Å². The van der Waals surface area contributed by atoms with Crippen molar-refractivity contribution in [2.24, 2.45) is 0 Å². The van der Waals surface area contributed by atoms with E-state index in [-0.39, 0.29) is 18.8 Å². The molecular formula is C34H59N3O7Sn. The third kappa shape index (κ3) is 19.0. The zero-order valence-electron chi connectivity index (χ0n) is 29.8. The van der Waals surface area contributed by atoms with E-state index < -0.39 is 65.2 Å². The van der Waals surface area contributed by atoms with Gasteiger partial charge in [0.05, 0.1) is 0 Å². The minimum absolute atomic E-state index is 0.0440. The second kappa shape index (κ2) is 17.5. The van der Waals surface area contributed by atoms with Crippen LogP contribution < -0.4 is 19.5 Å². The van der Waals surface area contributed by atoms with Crippen molar-refractivity contribution < 1.29 is 33.4 Å². The Kier molecular flexibility index (Phi) is 15.9. The summed E-state index contributed by atoms with van der Waals surface area (Å²) >= 11 is -2.14. The van der Waals surface area contributed by atoms with Crippen molar-refractivity contribution in [3.05, 3.63) is 29.8 Å². The Balaban J connectivity index is 2.70. The van der Waals surface area contributed by atoms with Gasteiger partial charge in [0.1, 0.15) is 17.2 Å². The van der Waals surface area contributed by atoms with Crippen molar-refractivity contribution in [1.29, 1.82) is 0 Å². The molecule has 0 bridgehead atoms. The number of hydrogen-bond acceptors (Lipinski definition) is 8. The van der Waals surface area contributed by atoms with Crippen molar-refractivity contribution in [3.8, 4) is 0 Å². The molecule has 45 heavy (non-hydrogen) atoms. The second-order valence-electron chi connectivity index (χ2n) is 15.5. The van der Waals surface area contributed by atoms with E-state index in [1.165, 1.54) is 3.58 Å². The number of rotatable bonds is 15. The Labute approximate surface area is 275 Å². The molecule has 0 saturated heterocycles. The SMILES string of the molecule is CC(C)(C)OC(=O)CCC(NC(=O)NCCCC[C@H](NCc1cc[c]([Sn]([CH3])([CH3])[CH3])cc1)C(=O)OC(C)(C)C)C(=O)OC(C)(C)C. The van der Waals surface area contributed by atoms with Gasteiger partial charge in [-0.05, 0) is 48.0 Å². The summed E-state index contributed by atoms with van der Waals surface area (Å²) < 4.78 is 17.9. The maximum absolute atomic E-state index is 13.0. The standard InChI is InChI=1S/C31H50N3O7.3CH3.Sn/c1-29(2,3)39-25(35)19-18-24(27(37)41-31(7,8)9)34-28(38)32-20-14-13-17-23(26(36)40-30(4,5)6)33-21-22-15-11-10-12-16-22;;;;/h11-12,15-16,23-24,33H,13-14,17-21H2,1-9H3,(H2,32,34,38);3*1H3;/t23-,24?;;;;/m0..../s1. The summed E-state index contributed by atoms with van der Waals surface area (Å²) in [6, 6.07) is 6.60. The molecule has 1 rings (SSSR count). The fraction of sp³-hybridized carbons (Fsp3) is 0.706. The third-order valence-electron chi connectivity index (χ3n) is 6.32. The van der Waals surface area contributed by atoms with Gasteiger partial charge in [-0.15, -0.1) is 0 Å². The van der Waals surface area contributed by atoms with Crippen LogP contribution in [0.15, 0.2) is 24.3 Å². The molecule has 10 nitrogen and oxygen atoms in total. The van der Waals surface area contributed by atoms with Crippen LogP contribution in [0.4, 0.5) is 4.79 Å². The van der Waals surface area contributed by atoms with E-state index in [0.29, 0.717) is 32.4 Å². The molecule has 0 aliphatic heterocycles. The first-order valence-electron chi connectivity index (χ1n) is 16.0. The summed E-state index contributed by atoms with van der Waals surface area (Å²) in [6.45, 7) is 16.9. The van der Waals surface area contributed by atoms with Crippen LogP contribution in [0.2, 0.25) is 14.8 Å². The first kappa shape index (κ1) is 40.7. The van der Waals surface area contributed by atoms with Gasteiger partial charge < -0.3 is 14.8 Å². The van der Waals surface area contributed by atoms with Gasteiger partial charge in [-0.2, -0.15) is 0 Å².